The number of hydrogen-bond donors (Lipinski definition) is 0. The van der Waals surface area contributed by atoms with E-state index in [-0.39, 0.29) is 5.91 Å². The first-order valence-corrected chi connectivity index (χ1v) is 12.5. The van der Waals surface area contributed by atoms with Crippen LogP contribution in [0.3, 0.4) is 0 Å². The van der Waals surface area contributed by atoms with Crippen molar-refractivity contribution >= 4 is 28.1 Å². The van der Waals surface area contributed by atoms with Gasteiger partial charge in [0.1, 0.15) is 22.8 Å². The largest absolute Gasteiger partial charge is 0.497 e. The highest BCUT2D eigenvalue weighted by molar-refractivity contribution is 5.98. The standard InChI is InChI=1S/C29H34N2O4/c1-19(17-27(32)31-15-13-30(14-16-31)21-9-11-22(33-3)12-10-21)24-18-25-23-7-5-6-8-26(23)35-29(25)20(2)28(24)34-4/h9-12,17-18H,5-8,13-16H2,1-4H3/b19-17+. The van der Waals surface area contributed by atoms with Gasteiger partial charge in [-0.05, 0) is 69.0 Å². The summed E-state index contributed by atoms with van der Waals surface area (Å²) in [6, 6.07) is 10.2. The number of fused-ring (bicyclic) bond motifs is 3. The molecule has 1 fully saturated rings. The van der Waals surface area contributed by atoms with Crippen molar-refractivity contribution in [2.75, 3.05) is 45.3 Å². The van der Waals surface area contributed by atoms with E-state index < -0.39 is 0 Å². The maximum absolute atomic E-state index is 13.2. The Morgan fingerprint density at radius 2 is 1.71 bits per heavy atom. The van der Waals surface area contributed by atoms with Crippen molar-refractivity contribution in [2.45, 2.75) is 39.5 Å². The van der Waals surface area contributed by atoms with Gasteiger partial charge in [-0.15, -0.1) is 0 Å². The SMILES string of the molecule is COc1ccc(N2CCN(C(=O)/C=C(\C)c3cc4c5c(oc4c(C)c3OC)CCCC5)CC2)cc1. The number of nitrogens with zero attached hydrogens (tertiary/aromatic N) is 2. The van der Waals surface area contributed by atoms with Gasteiger partial charge >= 0.3 is 0 Å². The van der Waals surface area contributed by atoms with Gasteiger partial charge in [0, 0.05) is 66.4 Å². The molecule has 6 nitrogen and oxygen atoms in total. The second-order valence-corrected chi connectivity index (χ2v) is 9.51. The molecule has 0 unspecified atom stereocenters. The van der Waals surface area contributed by atoms with Crippen LogP contribution >= 0.6 is 0 Å². The zero-order chi connectivity index (χ0) is 24.5. The molecular formula is C29H34N2O4. The molecule has 184 valence electrons. The Labute approximate surface area is 207 Å². The van der Waals surface area contributed by atoms with E-state index in [2.05, 4.69) is 23.1 Å². The lowest BCUT2D eigenvalue weighted by Gasteiger charge is -2.35. The molecule has 0 spiro atoms. The normalized spacial score (nSPS) is 16.4. The number of carbonyl (C=O) groups is 1. The Hall–Kier alpha value is -3.41. The summed E-state index contributed by atoms with van der Waals surface area (Å²) >= 11 is 0. The Balaban J connectivity index is 1.35. The number of amides is 1. The third-order valence-electron chi connectivity index (χ3n) is 7.42. The molecule has 1 amide bonds. The molecule has 2 heterocycles. The van der Waals surface area contributed by atoms with Crippen LogP contribution in [-0.4, -0.2) is 51.2 Å². The van der Waals surface area contributed by atoms with Crippen LogP contribution in [0.25, 0.3) is 16.5 Å². The molecule has 35 heavy (non-hydrogen) atoms. The van der Waals surface area contributed by atoms with E-state index in [9.17, 15) is 4.79 Å². The molecule has 1 aliphatic heterocycles. The van der Waals surface area contributed by atoms with Crippen LogP contribution in [-0.2, 0) is 17.6 Å². The van der Waals surface area contributed by atoms with Crippen molar-refractivity contribution in [1.82, 2.24) is 4.90 Å². The van der Waals surface area contributed by atoms with Crippen LogP contribution < -0.4 is 14.4 Å². The number of methoxy groups -OCH3 is 2. The summed E-state index contributed by atoms with van der Waals surface area (Å²) < 4.78 is 17.3. The first kappa shape index (κ1) is 23.3. The van der Waals surface area contributed by atoms with Gasteiger partial charge in [0.25, 0.3) is 0 Å². The van der Waals surface area contributed by atoms with Gasteiger partial charge in [0.15, 0.2) is 0 Å². The fraction of sp³-hybridized carbons (Fsp3) is 0.414. The molecular weight excluding hydrogens is 440 g/mol. The number of anilines is 1. The second-order valence-electron chi connectivity index (χ2n) is 9.51. The Kier molecular flexibility index (Phi) is 6.46. The van der Waals surface area contributed by atoms with E-state index in [1.54, 1.807) is 20.3 Å². The van der Waals surface area contributed by atoms with Crippen molar-refractivity contribution in [3.8, 4) is 11.5 Å². The average molecular weight is 475 g/mol. The topological polar surface area (TPSA) is 55.2 Å². The van der Waals surface area contributed by atoms with Crippen molar-refractivity contribution in [1.29, 1.82) is 0 Å². The number of rotatable bonds is 5. The third kappa shape index (κ3) is 4.38. The summed E-state index contributed by atoms with van der Waals surface area (Å²) in [4.78, 5) is 17.4. The predicted octanol–water partition coefficient (Wildman–Crippen LogP) is 5.39. The number of benzene rings is 2. The summed E-state index contributed by atoms with van der Waals surface area (Å²) in [7, 11) is 3.36. The van der Waals surface area contributed by atoms with Crippen LogP contribution in [0.15, 0.2) is 40.8 Å². The van der Waals surface area contributed by atoms with Crippen LogP contribution in [0, 0.1) is 6.92 Å². The van der Waals surface area contributed by atoms with E-state index in [1.807, 2.05) is 30.9 Å². The molecule has 0 radical (unpaired) electrons. The highest BCUT2D eigenvalue weighted by Gasteiger charge is 2.24. The molecule has 1 aliphatic carbocycles. The lowest BCUT2D eigenvalue weighted by Crippen LogP contribution is -2.48. The number of allylic oxidation sites excluding steroid dienone is 1. The smallest absolute Gasteiger partial charge is 0.246 e. The van der Waals surface area contributed by atoms with Gasteiger partial charge in [-0.1, -0.05) is 0 Å². The molecule has 2 aromatic carbocycles. The van der Waals surface area contributed by atoms with E-state index in [0.29, 0.717) is 13.1 Å². The summed E-state index contributed by atoms with van der Waals surface area (Å²) in [5.41, 5.74) is 6.29. The quantitative estimate of drug-likeness (QED) is 0.464. The van der Waals surface area contributed by atoms with Gasteiger partial charge < -0.3 is 23.7 Å². The zero-order valence-corrected chi connectivity index (χ0v) is 21.1. The van der Waals surface area contributed by atoms with Gasteiger partial charge in [-0.3, -0.25) is 4.79 Å². The zero-order valence-electron chi connectivity index (χ0n) is 21.1. The highest BCUT2D eigenvalue weighted by Crippen LogP contribution is 2.41. The van der Waals surface area contributed by atoms with E-state index in [1.165, 1.54) is 23.8 Å². The Morgan fingerprint density at radius 3 is 2.40 bits per heavy atom. The van der Waals surface area contributed by atoms with Crippen LogP contribution in [0.2, 0.25) is 0 Å². The van der Waals surface area contributed by atoms with Crippen molar-refractivity contribution in [3.63, 3.8) is 0 Å². The predicted molar refractivity (Wildman–Crippen MR) is 140 cm³/mol. The molecule has 1 aromatic heterocycles. The fourth-order valence-electron chi connectivity index (χ4n) is 5.42. The lowest BCUT2D eigenvalue weighted by molar-refractivity contribution is -0.126. The maximum Gasteiger partial charge on any atom is 0.246 e. The van der Waals surface area contributed by atoms with E-state index in [0.717, 1.165) is 71.2 Å². The maximum atomic E-state index is 13.2. The monoisotopic (exact) mass is 474 g/mol. The molecule has 6 heteroatoms. The van der Waals surface area contributed by atoms with Crippen LogP contribution in [0.4, 0.5) is 5.69 Å². The minimum Gasteiger partial charge on any atom is -0.497 e. The second kappa shape index (κ2) is 9.68. The first-order chi connectivity index (χ1) is 17.0. The summed E-state index contributed by atoms with van der Waals surface area (Å²) in [6.07, 6.45) is 6.18. The molecule has 0 saturated carbocycles. The third-order valence-corrected chi connectivity index (χ3v) is 7.42. The molecule has 0 atom stereocenters. The summed E-state index contributed by atoms with van der Waals surface area (Å²) in [5, 5.41) is 1.17. The van der Waals surface area contributed by atoms with Gasteiger partial charge in [-0.25, -0.2) is 0 Å². The number of ether oxygens (including phenoxy) is 2. The van der Waals surface area contributed by atoms with Crippen molar-refractivity contribution < 1.29 is 18.7 Å². The lowest BCUT2D eigenvalue weighted by atomic mass is 9.93. The van der Waals surface area contributed by atoms with Gasteiger partial charge in [0.05, 0.1) is 14.2 Å². The molecule has 3 aromatic rings. The minimum absolute atomic E-state index is 0.0471. The Morgan fingerprint density at radius 1 is 1.00 bits per heavy atom. The van der Waals surface area contributed by atoms with Gasteiger partial charge in [0.2, 0.25) is 5.91 Å². The highest BCUT2D eigenvalue weighted by atomic mass is 16.5. The Bertz CT molecular complexity index is 1260. The number of furan rings is 1. The average Bonchev–Trinajstić information content (AvgIpc) is 3.28. The summed E-state index contributed by atoms with van der Waals surface area (Å²) in [5.74, 6) is 2.80. The van der Waals surface area contributed by atoms with Crippen LogP contribution in [0.5, 0.6) is 11.5 Å². The summed E-state index contributed by atoms with van der Waals surface area (Å²) in [6.45, 7) is 7.05. The fourth-order valence-corrected chi connectivity index (χ4v) is 5.42. The number of carbonyl (C=O) groups excluding carboxylic acids is 1. The molecule has 5 rings (SSSR count). The number of hydrogen-bond acceptors (Lipinski definition) is 5. The molecule has 2 aliphatic rings. The van der Waals surface area contributed by atoms with E-state index in [4.69, 9.17) is 13.9 Å². The molecule has 1 saturated heterocycles. The number of aryl methyl sites for hydroxylation is 3. The van der Waals surface area contributed by atoms with Crippen molar-refractivity contribution in [2.24, 2.45) is 0 Å². The van der Waals surface area contributed by atoms with Crippen LogP contribution in [0.1, 0.15) is 42.2 Å². The molecule has 0 bridgehead atoms. The number of piperazine rings is 1. The van der Waals surface area contributed by atoms with Gasteiger partial charge in [-0.2, -0.15) is 0 Å². The molecule has 0 N–H and O–H groups in total. The van der Waals surface area contributed by atoms with Crippen molar-refractivity contribution in [3.05, 3.63) is 58.9 Å². The first-order valence-electron chi connectivity index (χ1n) is 12.5. The minimum atomic E-state index is 0.0471. The van der Waals surface area contributed by atoms with E-state index >= 15 is 0 Å².